The molecule has 1 aliphatic carbocycles. The Bertz CT molecular complexity index is 888. The van der Waals surface area contributed by atoms with Crippen LogP contribution in [-0.4, -0.2) is 48.6 Å². The van der Waals surface area contributed by atoms with Crippen molar-refractivity contribution in [3.8, 4) is 5.69 Å². The zero-order valence-corrected chi connectivity index (χ0v) is 14.0. The molecular weight excluding hydrogens is 300 g/mol. The van der Waals surface area contributed by atoms with E-state index >= 15 is 0 Å². The van der Waals surface area contributed by atoms with Crippen LogP contribution in [0.2, 0.25) is 0 Å². The zero-order chi connectivity index (χ0) is 16.1. The molecule has 6 heteroatoms. The first-order valence-electron chi connectivity index (χ1n) is 8.90. The summed E-state index contributed by atoms with van der Waals surface area (Å²) < 4.78 is 4.27. The number of hydrogen-bond donors (Lipinski definition) is 0. The molecular formula is C18H22N6. The molecule has 124 valence electrons. The Kier molecular flexibility index (Phi) is 3.19. The lowest BCUT2D eigenvalue weighted by atomic mass is 9.91. The minimum atomic E-state index is 0.822. The molecule has 24 heavy (non-hydrogen) atoms. The first-order chi connectivity index (χ1) is 11.8. The minimum absolute atomic E-state index is 0.822. The van der Waals surface area contributed by atoms with E-state index < -0.39 is 0 Å². The van der Waals surface area contributed by atoms with Crippen molar-refractivity contribution in [2.45, 2.75) is 45.2 Å². The third-order valence-electron chi connectivity index (χ3n) is 5.60. The fourth-order valence-electron chi connectivity index (χ4n) is 3.98. The molecule has 2 aromatic heterocycles. The molecule has 6 nitrogen and oxygen atoms in total. The van der Waals surface area contributed by atoms with Crippen molar-refractivity contribution in [2.75, 3.05) is 13.1 Å². The predicted octanol–water partition coefficient (Wildman–Crippen LogP) is 2.34. The van der Waals surface area contributed by atoms with Crippen LogP contribution in [0, 0.1) is 6.92 Å². The summed E-state index contributed by atoms with van der Waals surface area (Å²) >= 11 is 0. The Labute approximate surface area is 141 Å². The van der Waals surface area contributed by atoms with Crippen molar-refractivity contribution in [2.24, 2.45) is 0 Å². The number of aryl methyl sites for hydroxylation is 1. The van der Waals surface area contributed by atoms with E-state index in [4.69, 9.17) is 4.98 Å². The number of fused-ring (bicyclic) bond motifs is 3. The summed E-state index contributed by atoms with van der Waals surface area (Å²) in [5.41, 5.74) is 4.37. The number of aromatic nitrogens is 5. The summed E-state index contributed by atoms with van der Waals surface area (Å²) in [5, 5.41) is 8.14. The van der Waals surface area contributed by atoms with Gasteiger partial charge in [0.05, 0.1) is 28.6 Å². The summed E-state index contributed by atoms with van der Waals surface area (Å²) in [5.74, 6) is 1.22. The van der Waals surface area contributed by atoms with E-state index in [-0.39, 0.29) is 0 Å². The van der Waals surface area contributed by atoms with E-state index in [0.29, 0.717) is 0 Å². The fraction of sp³-hybridized carbons (Fsp3) is 0.500. The van der Waals surface area contributed by atoms with Crippen molar-refractivity contribution in [1.29, 1.82) is 0 Å². The lowest BCUT2D eigenvalue weighted by molar-refractivity contribution is 0.130. The highest BCUT2D eigenvalue weighted by atomic mass is 15.4. The van der Waals surface area contributed by atoms with Crippen LogP contribution in [0.4, 0.5) is 0 Å². The molecule has 1 aliphatic heterocycles. The number of imidazole rings is 1. The van der Waals surface area contributed by atoms with Crippen molar-refractivity contribution < 1.29 is 0 Å². The van der Waals surface area contributed by atoms with Gasteiger partial charge in [-0.1, -0.05) is 11.6 Å². The maximum atomic E-state index is 4.93. The molecule has 3 aromatic rings. The second kappa shape index (κ2) is 5.41. The second-order valence-corrected chi connectivity index (χ2v) is 7.01. The standard InChI is InChI=1S/C18H22N6/c1-13-12-19-21-24(13)15-5-6-17-16(11-15)20-18-7-8-22(9-10-23(17)18)14-3-2-4-14/h5-6,11-12,14H,2-4,7-10H2,1H3. The zero-order valence-electron chi connectivity index (χ0n) is 14.0. The van der Waals surface area contributed by atoms with E-state index in [1.807, 2.05) is 11.6 Å². The van der Waals surface area contributed by atoms with E-state index in [9.17, 15) is 0 Å². The molecule has 1 saturated carbocycles. The Balaban J connectivity index is 1.49. The largest absolute Gasteiger partial charge is 0.327 e. The van der Waals surface area contributed by atoms with Gasteiger partial charge < -0.3 is 4.57 Å². The summed E-state index contributed by atoms with van der Waals surface area (Å²) in [7, 11) is 0. The van der Waals surface area contributed by atoms with Crippen LogP contribution in [0.5, 0.6) is 0 Å². The van der Waals surface area contributed by atoms with Gasteiger partial charge in [0, 0.05) is 32.1 Å². The summed E-state index contributed by atoms with van der Waals surface area (Å²) in [6.07, 6.45) is 6.98. The van der Waals surface area contributed by atoms with E-state index in [1.54, 1.807) is 6.20 Å². The van der Waals surface area contributed by atoms with Gasteiger partial charge in [-0.3, -0.25) is 4.90 Å². The molecule has 0 saturated heterocycles. The summed E-state index contributed by atoms with van der Waals surface area (Å²) in [6.45, 7) is 5.35. The van der Waals surface area contributed by atoms with Crippen LogP contribution < -0.4 is 0 Å². The number of hydrogen-bond acceptors (Lipinski definition) is 4. The van der Waals surface area contributed by atoms with Gasteiger partial charge in [0.1, 0.15) is 5.82 Å². The van der Waals surface area contributed by atoms with Crippen LogP contribution >= 0.6 is 0 Å². The highest BCUT2D eigenvalue weighted by molar-refractivity contribution is 5.78. The fourth-order valence-corrected chi connectivity index (χ4v) is 3.98. The lowest BCUT2D eigenvalue weighted by Crippen LogP contribution is -2.41. The van der Waals surface area contributed by atoms with Crippen LogP contribution in [0.3, 0.4) is 0 Å². The van der Waals surface area contributed by atoms with Crippen LogP contribution in [0.1, 0.15) is 30.8 Å². The molecule has 0 amide bonds. The van der Waals surface area contributed by atoms with Gasteiger partial charge in [0.2, 0.25) is 0 Å². The molecule has 0 atom stereocenters. The Morgan fingerprint density at radius 2 is 2.04 bits per heavy atom. The average Bonchev–Trinajstić information content (AvgIpc) is 3.05. The van der Waals surface area contributed by atoms with Crippen molar-refractivity contribution in [3.05, 3.63) is 35.9 Å². The van der Waals surface area contributed by atoms with E-state index in [2.05, 4.69) is 38.0 Å². The molecule has 0 bridgehead atoms. The first kappa shape index (κ1) is 14.2. The second-order valence-electron chi connectivity index (χ2n) is 7.01. The molecule has 0 unspecified atom stereocenters. The molecule has 5 rings (SSSR count). The van der Waals surface area contributed by atoms with Crippen LogP contribution in [0.15, 0.2) is 24.4 Å². The van der Waals surface area contributed by atoms with E-state index in [1.165, 1.54) is 30.6 Å². The quantitative estimate of drug-likeness (QED) is 0.727. The van der Waals surface area contributed by atoms with Gasteiger partial charge in [0.15, 0.2) is 0 Å². The Morgan fingerprint density at radius 3 is 2.79 bits per heavy atom. The molecule has 0 spiro atoms. The SMILES string of the molecule is Cc1cnnn1-c1ccc2c(c1)nc1n2CCN(C2CCC2)CC1. The smallest absolute Gasteiger partial charge is 0.111 e. The molecule has 3 heterocycles. The highest BCUT2D eigenvalue weighted by Crippen LogP contribution is 2.27. The minimum Gasteiger partial charge on any atom is -0.327 e. The van der Waals surface area contributed by atoms with Crippen molar-refractivity contribution in [1.82, 2.24) is 29.4 Å². The summed E-state index contributed by atoms with van der Waals surface area (Å²) in [4.78, 5) is 7.59. The predicted molar refractivity (Wildman–Crippen MR) is 92.3 cm³/mol. The van der Waals surface area contributed by atoms with Gasteiger partial charge >= 0.3 is 0 Å². The topological polar surface area (TPSA) is 51.8 Å². The lowest BCUT2D eigenvalue weighted by Gasteiger charge is -2.36. The van der Waals surface area contributed by atoms with Crippen LogP contribution in [0.25, 0.3) is 16.7 Å². The maximum absolute atomic E-state index is 4.93. The monoisotopic (exact) mass is 322 g/mol. The molecule has 0 radical (unpaired) electrons. The third kappa shape index (κ3) is 2.17. The number of benzene rings is 1. The van der Waals surface area contributed by atoms with Gasteiger partial charge in [-0.25, -0.2) is 9.67 Å². The molecule has 2 aliphatic rings. The van der Waals surface area contributed by atoms with Gasteiger partial charge in [0.25, 0.3) is 0 Å². The summed E-state index contributed by atoms with van der Waals surface area (Å²) in [6, 6.07) is 7.25. The normalized spacial score (nSPS) is 19.2. The number of nitrogens with zero attached hydrogens (tertiary/aromatic N) is 6. The van der Waals surface area contributed by atoms with Gasteiger partial charge in [-0.15, -0.1) is 5.10 Å². The van der Waals surface area contributed by atoms with Crippen molar-refractivity contribution in [3.63, 3.8) is 0 Å². The average molecular weight is 322 g/mol. The molecule has 1 aromatic carbocycles. The molecule has 1 fully saturated rings. The van der Waals surface area contributed by atoms with Gasteiger partial charge in [-0.2, -0.15) is 0 Å². The van der Waals surface area contributed by atoms with Crippen molar-refractivity contribution >= 4 is 11.0 Å². The van der Waals surface area contributed by atoms with Crippen LogP contribution in [-0.2, 0) is 13.0 Å². The highest BCUT2D eigenvalue weighted by Gasteiger charge is 2.27. The third-order valence-corrected chi connectivity index (χ3v) is 5.60. The molecule has 0 N–H and O–H groups in total. The number of rotatable bonds is 2. The maximum Gasteiger partial charge on any atom is 0.111 e. The van der Waals surface area contributed by atoms with Gasteiger partial charge in [-0.05, 0) is 38.0 Å². The first-order valence-corrected chi connectivity index (χ1v) is 8.90. The Hall–Kier alpha value is -2.21. The van der Waals surface area contributed by atoms with E-state index in [0.717, 1.165) is 49.0 Å². The Morgan fingerprint density at radius 1 is 1.12 bits per heavy atom.